The molecule has 4 rings (SSSR count). The van der Waals surface area contributed by atoms with E-state index in [2.05, 4.69) is 27.4 Å². The van der Waals surface area contributed by atoms with Gasteiger partial charge in [-0.05, 0) is 37.0 Å². The van der Waals surface area contributed by atoms with Crippen LogP contribution in [0.2, 0.25) is 0 Å². The third-order valence-electron chi connectivity index (χ3n) is 5.58. The van der Waals surface area contributed by atoms with Crippen molar-refractivity contribution in [3.63, 3.8) is 0 Å². The molecule has 1 aliphatic rings. The molecule has 8 heteroatoms. The fraction of sp³-hybridized carbons (Fsp3) is 0.500. The zero-order valence-electron chi connectivity index (χ0n) is 16.4. The van der Waals surface area contributed by atoms with E-state index in [1.54, 1.807) is 7.11 Å². The molecule has 2 atom stereocenters. The molecule has 1 N–H and O–H groups in total. The van der Waals surface area contributed by atoms with E-state index in [1.807, 2.05) is 29.8 Å². The summed E-state index contributed by atoms with van der Waals surface area (Å²) in [4.78, 5) is 17.0. The van der Waals surface area contributed by atoms with E-state index in [1.165, 1.54) is 31.0 Å². The van der Waals surface area contributed by atoms with Crippen molar-refractivity contribution in [3.8, 4) is 5.75 Å². The van der Waals surface area contributed by atoms with Crippen LogP contribution < -0.4 is 10.1 Å². The Morgan fingerprint density at radius 3 is 2.93 bits per heavy atom. The standard InChI is InChI=1S/C20H25N5O2S/c1-12-6-4-5-7-15(12)21-17(26)11-28-20-22-19-18(23-24-20)14-10-13(27-3)8-9-16(14)25(19)2/h8-10,12,15H,4-7,11H2,1-3H3,(H,21,26)/t12-,15-/m1/s1. The lowest BCUT2D eigenvalue weighted by atomic mass is 9.86. The quantitative estimate of drug-likeness (QED) is 0.663. The van der Waals surface area contributed by atoms with Crippen LogP contribution in [0.4, 0.5) is 0 Å². The first kappa shape index (κ1) is 19.0. The molecule has 1 saturated carbocycles. The summed E-state index contributed by atoms with van der Waals surface area (Å²) in [7, 11) is 3.60. The van der Waals surface area contributed by atoms with Crippen molar-refractivity contribution in [2.75, 3.05) is 12.9 Å². The molecule has 2 heterocycles. The number of carbonyl (C=O) groups is 1. The van der Waals surface area contributed by atoms with Crippen LogP contribution in [0, 0.1) is 5.92 Å². The third-order valence-corrected chi connectivity index (χ3v) is 6.41. The molecule has 28 heavy (non-hydrogen) atoms. The number of nitrogens with one attached hydrogen (secondary N) is 1. The third kappa shape index (κ3) is 3.65. The Bertz CT molecular complexity index is 1020. The van der Waals surface area contributed by atoms with Crippen LogP contribution in [-0.2, 0) is 11.8 Å². The van der Waals surface area contributed by atoms with Gasteiger partial charge in [0.05, 0.1) is 18.4 Å². The fourth-order valence-electron chi connectivity index (χ4n) is 3.92. The number of hydrogen-bond acceptors (Lipinski definition) is 6. The largest absolute Gasteiger partial charge is 0.497 e. The first-order valence-electron chi connectivity index (χ1n) is 9.66. The molecule has 1 fully saturated rings. The van der Waals surface area contributed by atoms with E-state index < -0.39 is 0 Å². The Morgan fingerprint density at radius 1 is 1.32 bits per heavy atom. The Morgan fingerprint density at radius 2 is 2.14 bits per heavy atom. The van der Waals surface area contributed by atoms with Gasteiger partial charge in [0.2, 0.25) is 11.1 Å². The number of carbonyl (C=O) groups excluding carboxylic acids is 1. The van der Waals surface area contributed by atoms with Crippen LogP contribution in [0.25, 0.3) is 22.1 Å². The molecule has 1 aromatic carbocycles. The first-order chi connectivity index (χ1) is 13.6. The second-order valence-electron chi connectivity index (χ2n) is 7.43. The topological polar surface area (TPSA) is 81.9 Å². The molecular formula is C20H25N5O2S. The van der Waals surface area contributed by atoms with Gasteiger partial charge < -0.3 is 14.6 Å². The van der Waals surface area contributed by atoms with E-state index in [0.717, 1.165) is 34.2 Å². The van der Waals surface area contributed by atoms with Crippen molar-refractivity contribution in [1.82, 2.24) is 25.1 Å². The summed E-state index contributed by atoms with van der Waals surface area (Å²) in [5, 5.41) is 13.2. The predicted octanol–water partition coefficient (Wildman–Crippen LogP) is 3.31. The number of thioether (sulfide) groups is 1. The smallest absolute Gasteiger partial charge is 0.230 e. The molecule has 0 unspecified atom stereocenters. The van der Waals surface area contributed by atoms with Gasteiger partial charge in [-0.15, -0.1) is 10.2 Å². The van der Waals surface area contributed by atoms with Gasteiger partial charge in [0.25, 0.3) is 0 Å². The van der Waals surface area contributed by atoms with Crippen LogP contribution in [0.3, 0.4) is 0 Å². The summed E-state index contributed by atoms with van der Waals surface area (Å²) in [6, 6.07) is 6.14. The van der Waals surface area contributed by atoms with Gasteiger partial charge in [-0.2, -0.15) is 0 Å². The Balaban J connectivity index is 1.49. The number of nitrogens with zero attached hydrogens (tertiary/aromatic N) is 4. The monoisotopic (exact) mass is 399 g/mol. The van der Waals surface area contributed by atoms with Crippen LogP contribution in [-0.4, -0.2) is 44.6 Å². The van der Waals surface area contributed by atoms with Crippen LogP contribution >= 0.6 is 11.8 Å². The molecule has 0 saturated heterocycles. The van der Waals surface area contributed by atoms with Gasteiger partial charge in [-0.1, -0.05) is 31.5 Å². The molecule has 0 aliphatic heterocycles. The SMILES string of the molecule is COc1ccc2c(c1)c1nnc(SCC(=O)N[C@@H]3CCCC[C@H]3C)nc1n2C. The maximum absolute atomic E-state index is 12.3. The average Bonchev–Trinajstić information content (AvgIpc) is 2.99. The van der Waals surface area contributed by atoms with Crippen LogP contribution in [0.1, 0.15) is 32.6 Å². The van der Waals surface area contributed by atoms with Gasteiger partial charge in [0.1, 0.15) is 11.3 Å². The van der Waals surface area contributed by atoms with Crippen molar-refractivity contribution in [3.05, 3.63) is 18.2 Å². The molecule has 1 aliphatic carbocycles. The predicted molar refractivity (Wildman–Crippen MR) is 111 cm³/mol. The van der Waals surface area contributed by atoms with Crippen molar-refractivity contribution in [2.24, 2.45) is 13.0 Å². The lowest BCUT2D eigenvalue weighted by Gasteiger charge is -2.29. The van der Waals surface area contributed by atoms with E-state index in [4.69, 9.17) is 4.74 Å². The number of methoxy groups -OCH3 is 1. The Kier molecular flexibility index (Phi) is 5.39. The lowest BCUT2D eigenvalue weighted by Crippen LogP contribution is -2.41. The van der Waals surface area contributed by atoms with Crippen molar-refractivity contribution in [1.29, 1.82) is 0 Å². The van der Waals surface area contributed by atoms with Crippen LogP contribution in [0.5, 0.6) is 5.75 Å². The lowest BCUT2D eigenvalue weighted by molar-refractivity contribution is -0.119. The zero-order valence-corrected chi connectivity index (χ0v) is 17.3. The fourth-order valence-corrected chi connectivity index (χ4v) is 4.51. The molecule has 1 amide bonds. The highest BCUT2D eigenvalue weighted by molar-refractivity contribution is 7.99. The maximum Gasteiger partial charge on any atom is 0.230 e. The highest BCUT2D eigenvalue weighted by atomic mass is 32.2. The van der Waals surface area contributed by atoms with Crippen molar-refractivity contribution >= 4 is 39.7 Å². The van der Waals surface area contributed by atoms with E-state index in [9.17, 15) is 4.79 Å². The highest BCUT2D eigenvalue weighted by Gasteiger charge is 2.23. The van der Waals surface area contributed by atoms with E-state index in [-0.39, 0.29) is 11.9 Å². The number of amides is 1. The summed E-state index contributed by atoms with van der Waals surface area (Å²) in [6.07, 6.45) is 4.71. The number of aryl methyl sites for hydroxylation is 1. The minimum Gasteiger partial charge on any atom is -0.497 e. The van der Waals surface area contributed by atoms with Gasteiger partial charge in [0.15, 0.2) is 5.65 Å². The molecule has 3 aromatic rings. The number of hydrogen-bond donors (Lipinski definition) is 1. The Hall–Kier alpha value is -2.35. The summed E-state index contributed by atoms with van der Waals surface area (Å²) in [5.74, 6) is 1.65. The van der Waals surface area contributed by atoms with Gasteiger partial charge in [-0.3, -0.25) is 4.79 Å². The zero-order chi connectivity index (χ0) is 19.7. The first-order valence-corrected chi connectivity index (χ1v) is 10.6. The molecule has 0 bridgehead atoms. The molecule has 0 spiro atoms. The average molecular weight is 400 g/mol. The van der Waals surface area contributed by atoms with Gasteiger partial charge >= 0.3 is 0 Å². The molecule has 7 nitrogen and oxygen atoms in total. The number of rotatable bonds is 5. The molecule has 148 valence electrons. The van der Waals surface area contributed by atoms with Gasteiger partial charge in [-0.25, -0.2) is 4.98 Å². The molecular weight excluding hydrogens is 374 g/mol. The van der Waals surface area contributed by atoms with E-state index >= 15 is 0 Å². The molecule has 0 radical (unpaired) electrons. The number of benzene rings is 1. The molecule has 2 aromatic heterocycles. The summed E-state index contributed by atoms with van der Waals surface area (Å²) in [5.41, 5.74) is 2.51. The second kappa shape index (κ2) is 7.95. The number of fused-ring (bicyclic) bond motifs is 3. The van der Waals surface area contributed by atoms with E-state index in [0.29, 0.717) is 16.8 Å². The second-order valence-corrected chi connectivity index (χ2v) is 8.38. The minimum atomic E-state index is 0.0363. The van der Waals surface area contributed by atoms with Gasteiger partial charge in [0, 0.05) is 18.5 Å². The van der Waals surface area contributed by atoms with Crippen LogP contribution in [0.15, 0.2) is 23.4 Å². The minimum absolute atomic E-state index is 0.0363. The summed E-state index contributed by atoms with van der Waals surface area (Å²) < 4.78 is 7.31. The number of ether oxygens (including phenoxy) is 1. The van der Waals surface area contributed by atoms with Crippen molar-refractivity contribution < 1.29 is 9.53 Å². The normalized spacial score (nSPS) is 19.8. The maximum atomic E-state index is 12.3. The van der Waals surface area contributed by atoms with Crippen molar-refractivity contribution in [2.45, 2.75) is 43.8 Å². The Labute approximate surface area is 168 Å². The number of aromatic nitrogens is 4. The summed E-state index contributed by atoms with van der Waals surface area (Å²) in [6.45, 7) is 2.22. The summed E-state index contributed by atoms with van der Waals surface area (Å²) >= 11 is 1.32. The highest BCUT2D eigenvalue weighted by Crippen LogP contribution is 2.29.